The van der Waals surface area contributed by atoms with Crippen LogP contribution in [0.5, 0.6) is 0 Å². The molecule has 6 heterocycles. The van der Waals surface area contributed by atoms with E-state index in [-0.39, 0.29) is 11.7 Å². The van der Waals surface area contributed by atoms with Crippen LogP contribution in [0.1, 0.15) is 60.4 Å². The Morgan fingerprint density at radius 3 is 2.86 bits per heavy atom. The minimum absolute atomic E-state index is 0.154. The maximum Gasteiger partial charge on any atom is 0.276 e. The second kappa shape index (κ2) is 8.55. The number of carbonyl (C=O) groups is 1. The maximum atomic E-state index is 14.9. The van der Waals surface area contributed by atoms with Crippen LogP contribution in [0.2, 0.25) is 0 Å². The molecule has 0 N–H and O–H groups in total. The average Bonchev–Trinajstić information content (AvgIpc) is 3.48. The quantitative estimate of drug-likeness (QED) is 0.441. The Kier molecular flexibility index (Phi) is 5.35. The lowest BCUT2D eigenvalue weighted by Crippen LogP contribution is -2.39. The number of carbonyl (C=O) groups excluding carboxylic acids is 1. The number of aryl methyl sites for hydroxylation is 1. The summed E-state index contributed by atoms with van der Waals surface area (Å²) >= 11 is 0. The molecule has 2 saturated heterocycles. The fourth-order valence-electron chi connectivity index (χ4n) is 5.39. The number of aromatic nitrogens is 5. The van der Waals surface area contributed by atoms with Crippen molar-refractivity contribution in [3.8, 4) is 0 Å². The zero-order valence-electron chi connectivity index (χ0n) is 20.0. The molecule has 2 aliphatic rings. The topological polar surface area (TPSA) is 79.5 Å². The van der Waals surface area contributed by atoms with E-state index in [0.717, 1.165) is 55.1 Å². The van der Waals surface area contributed by atoms with Crippen molar-refractivity contribution in [3.63, 3.8) is 0 Å². The molecule has 0 unspecified atom stereocenters. The molecule has 0 spiro atoms. The van der Waals surface area contributed by atoms with Crippen LogP contribution in [-0.4, -0.2) is 55.0 Å². The molecule has 6 rings (SSSR count). The van der Waals surface area contributed by atoms with Crippen LogP contribution < -0.4 is 4.90 Å². The van der Waals surface area contributed by atoms with Gasteiger partial charge < -0.3 is 9.80 Å². The van der Waals surface area contributed by atoms with Crippen LogP contribution >= 0.6 is 0 Å². The Hall–Kier alpha value is -3.62. The van der Waals surface area contributed by atoms with Gasteiger partial charge in [-0.1, -0.05) is 6.92 Å². The van der Waals surface area contributed by atoms with Crippen LogP contribution in [0.25, 0.3) is 16.6 Å². The molecule has 4 aromatic heterocycles. The summed E-state index contributed by atoms with van der Waals surface area (Å²) in [5, 5.41) is 5.37. The second-order valence-corrected chi connectivity index (χ2v) is 9.86. The van der Waals surface area contributed by atoms with E-state index >= 15 is 0 Å². The predicted octanol–water partition coefficient (Wildman–Crippen LogP) is 4.33. The Bertz CT molecular complexity index is 1430. The number of anilines is 1. The smallest absolute Gasteiger partial charge is 0.276 e. The Balaban J connectivity index is 1.34. The number of amides is 1. The lowest BCUT2D eigenvalue weighted by atomic mass is 9.98. The number of hydrogen-bond donors (Lipinski definition) is 0. The summed E-state index contributed by atoms with van der Waals surface area (Å²) in [6.07, 6.45) is 8.93. The summed E-state index contributed by atoms with van der Waals surface area (Å²) in [6.45, 7) is 6.89. The first kappa shape index (κ1) is 21.9. The summed E-state index contributed by atoms with van der Waals surface area (Å²) in [4.78, 5) is 30.9. The van der Waals surface area contributed by atoms with Crippen LogP contribution in [-0.2, 0) is 0 Å². The molecule has 0 saturated carbocycles. The third-order valence-electron chi connectivity index (χ3n) is 7.22. The van der Waals surface area contributed by atoms with Crippen molar-refractivity contribution < 1.29 is 9.18 Å². The van der Waals surface area contributed by atoms with Crippen LogP contribution in [0, 0.1) is 18.7 Å². The van der Waals surface area contributed by atoms with Crippen molar-refractivity contribution in [2.75, 3.05) is 24.5 Å². The van der Waals surface area contributed by atoms with E-state index in [9.17, 15) is 9.18 Å². The largest absolute Gasteiger partial charge is 0.356 e. The monoisotopic (exact) mass is 473 g/mol. The van der Waals surface area contributed by atoms with E-state index in [2.05, 4.69) is 28.7 Å². The minimum atomic E-state index is -0.628. The average molecular weight is 474 g/mol. The van der Waals surface area contributed by atoms with E-state index in [1.54, 1.807) is 27.9 Å². The summed E-state index contributed by atoms with van der Waals surface area (Å²) in [5.41, 5.74) is 3.02. The molecule has 8 nitrogen and oxygen atoms in total. The standard InChI is InChI=1S/C26H28FN7O/c1-16-7-10-32(14-16)25-17(2)15-34-23(30-25)12-21(31-34)22-5-3-4-9-33(22)26(35)24-19(27)11-18-13-28-8-6-20(18)29-24/h6,8,11-13,15-16,22H,3-5,7,9-10,14H2,1-2H3/t16-,22-/m0/s1. The highest BCUT2D eigenvalue weighted by molar-refractivity contribution is 5.95. The van der Waals surface area contributed by atoms with Gasteiger partial charge in [0.05, 0.1) is 17.3 Å². The maximum absolute atomic E-state index is 14.9. The third-order valence-corrected chi connectivity index (χ3v) is 7.22. The molecule has 0 bridgehead atoms. The van der Waals surface area contributed by atoms with E-state index in [1.165, 1.54) is 12.5 Å². The molecule has 9 heteroatoms. The molecule has 4 aromatic rings. The molecule has 0 aromatic carbocycles. The second-order valence-electron chi connectivity index (χ2n) is 9.86. The number of likely N-dealkylation sites (tertiary alicyclic amines) is 1. The van der Waals surface area contributed by atoms with Crippen molar-refractivity contribution >= 4 is 28.3 Å². The fourth-order valence-corrected chi connectivity index (χ4v) is 5.39. The highest BCUT2D eigenvalue weighted by atomic mass is 19.1. The first-order valence-corrected chi connectivity index (χ1v) is 12.3. The van der Waals surface area contributed by atoms with E-state index in [1.807, 2.05) is 12.3 Å². The fraction of sp³-hybridized carbons (Fsp3) is 0.423. The van der Waals surface area contributed by atoms with Crippen molar-refractivity contribution in [2.45, 2.75) is 45.6 Å². The van der Waals surface area contributed by atoms with Gasteiger partial charge in [0, 0.05) is 55.2 Å². The van der Waals surface area contributed by atoms with Gasteiger partial charge in [-0.15, -0.1) is 0 Å². The first-order chi connectivity index (χ1) is 17.0. The highest BCUT2D eigenvalue weighted by Crippen LogP contribution is 2.33. The molecule has 0 radical (unpaired) electrons. The minimum Gasteiger partial charge on any atom is -0.356 e. The molecule has 0 aliphatic carbocycles. The first-order valence-electron chi connectivity index (χ1n) is 12.3. The van der Waals surface area contributed by atoms with Gasteiger partial charge in [0.25, 0.3) is 5.91 Å². The molecule has 1 amide bonds. The van der Waals surface area contributed by atoms with Gasteiger partial charge in [0.2, 0.25) is 0 Å². The SMILES string of the molecule is Cc1cn2nc([C@@H]3CCCCN3C(=O)c3nc4ccncc4cc3F)cc2nc1N1CC[C@H](C)C1. The van der Waals surface area contributed by atoms with Crippen molar-refractivity contribution in [2.24, 2.45) is 5.92 Å². The lowest BCUT2D eigenvalue weighted by molar-refractivity contribution is 0.0594. The van der Waals surface area contributed by atoms with E-state index < -0.39 is 11.7 Å². The van der Waals surface area contributed by atoms with Gasteiger partial charge in [-0.05, 0) is 50.7 Å². The summed E-state index contributed by atoms with van der Waals surface area (Å²) in [6, 6.07) is 4.74. The molecule has 2 fully saturated rings. The van der Waals surface area contributed by atoms with Crippen LogP contribution in [0.4, 0.5) is 10.2 Å². The molecular weight excluding hydrogens is 445 g/mol. The predicted molar refractivity (Wildman–Crippen MR) is 131 cm³/mol. The van der Waals surface area contributed by atoms with Gasteiger partial charge in [0.15, 0.2) is 17.2 Å². The van der Waals surface area contributed by atoms with Crippen LogP contribution in [0.15, 0.2) is 36.8 Å². The number of fused-ring (bicyclic) bond motifs is 2. The van der Waals surface area contributed by atoms with E-state index in [4.69, 9.17) is 10.1 Å². The Morgan fingerprint density at radius 1 is 1.14 bits per heavy atom. The van der Waals surface area contributed by atoms with Gasteiger partial charge >= 0.3 is 0 Å². The van der Waals surface area contributed by atoms with Gasteiger partial charge in [-0.3, -0.25) is 9.78 Å². The number of hydrogen-bond acceptors (Lipinski definition) is 6. The van der Waals surface area contributed by atoms with Crippen molar-refractivity contribution in [1.82, 2.24) is 29.5 Å². The number of piperidine rings is 1. The Labute approximate surface area is 202 Å². The number of halogens is 1. The van der Waals surface area contributed by atoms with Crippen LogP contribution in [0.3, 0.4) is 0 Å². The molecule has 35 heavy (non-hydrogen) atoms. The van der Waals surface area contributed by atoms with Crippen molar-refractivity contribution in [3.05, 3.63) is 59.6 Å². The van der Waals surface area contributed by atoms with Crippen molar-refractivity contribution in [1.29, 1.82) is 0 Å². The lowest BCUT2D eigenvalue weighted by Gasteiger charge is -2.34. The van der Waals surface area contributed by atoms with Gasteiger partial charge in [0.1, 0.15) is 5.82 Å². The number of rotatable bonds is 3. The Morgan fingerprint density at radius 2 is 2.03 bits per heavy atom. The molecule has 180 valence electrons. The molecule has 2 aliphatic heterocycles. The highest BCUT2D eigenvalue weighted by Gasteiger charge is 2.33. The van der Waals surface area contributed by atoms with Gasteiger partial charge in [-0.25, -0.2) is 18.9 Å². The molecule has 2 atom stereocenters. The summed E-state index contributed by atoms with van der Waals surface area (Å²) < 4.78 is 16.7. The molecular formula is C26H28FN7O. The normalized spacial score (nSPS) is 20.8. The summed E-state index contributed by atoms with van der Waals surface area (Å²) in [7, 11) is 0. The number of pyridine rings is 2. The third kappa shape index (κ3) is 3.88. The van der Waals surface area contributed by atoms with Gasteiger partial charge in [-0.2, -0.15) is 5.10 Å². The zero-order valence-corrected chi connectivity index (χ0v) is 20.0. The zero-order chi connectivity index (χ0) is 24.1. The number of nitrogens with zero attached hydrogens (tertiary/aromatic N) is 7. The summed E-state index contributed by atoms with van der Waals surface area (Å²) in [5.74, 6) is 0.632. The van der Waals surface area contributed by atoms with E-state index in [0.29, 0.717) is 23.4 Å².